The van der Waals surface area contributed by atoms with Gasteiger partial charge in [0, 0.05) is 21.9 Å². The van der Waals surface area contributed by atoms with Gasteiger partial charge in [-0.1, -0.05) is 43.0 Å². The minimum atomic E-state index is -0.787. The van der Waals surface area contributed by atoms with Crippen molar-refractivity contribution in [3.8, 4) is 0 Å². The highest BCUT2D eigenvalue weighted by Crippen LogP contribution is 2.37. The summed E-state index contributed by atoms with van der Waals surface area (Å²) in [6, 6.07) is 16.7. The van der Waals surface area contributed by atoms with Gasteiger partial charge >= 0.3 is 5.97 Å². The lowest BCUT2D eigenvalue weighted by Crippen LogP contribution is -2.16. The number of aromatic nitrogens is 2. The van der Waals surface area contributed by atoms with Crippen molar-refractivity contribution in [2.75, 3.05) is 0 Å². The van der Waals surface area contributed by atoms with Crippen LogP contribution in [0.25, 0.3) is 21.1 Å². The Labute approximate surface area is 164 Å². The molecule has 0 amide bonds. The number of para-hydroxylation sites is 2. The summed E-state index contributed by atoms with van der Waals surface area (Å²) in [6.07, 6.45) is 0.566. The number of thioether (sulfide) groups is 1. The summed E-state index contributed by atoms with van der Waals surface area (Å²) in [4.78, 5) is 16.3. The number of benzene rings is 2. The second-order valence-electron chi connectivity index (χ2n) is 6.51. The van der Waals surface area contributed by atoms with Gasteiger partial charge in [0.1, 0.15) is 10.6 Å². The normalized spacial score (nSPS) is 13.3. The van der Waals surface area contributed by atoms with E-state index in [1.54, 1.807) is 0 Å². The number of nitrogens with zero attached hydrogens (tertiary/aromatic N) is 2. The fourth-order valence-corrected chi connectivity index (χ4v) is 6.30. The van der Waals surface area contributed by atoms with Gasteiger partial charge in [0.25, 0.3) is 0 Å². The number of carboxylic acid groups (broad SMARTS) is 1. The molecule has 4 aromatic rings. The predicted molar refractivity (Wildman–Crippen MR) is 114 cm³/mol. The van der Waals surface area contributed by atoms with Crippen molar-refractivity contribution in [3.63, 3.8) is 0 Å². The Hall–Kier alpha value is -2.31. The largest absolute Gasteiger partial charge is 0.480 e. The maximum absolute atomic E-state index is 11.5. The van der Waals surface area contributed by atoms with E-state index < -0.39 is 11.2 Å². The van der Waals surface area contributed by atoms with Crippen LogP contribution in [0.5, 0.6) is 0 Å². The lowest BCUT2D eigenvalue weighted by Gasteiger charge is -2.09. The lowest BCUT2D eigenvalue weighted by molar-refractivity contribution is -0.136. The topological polar surface area (TPSA) is 55.1 Å². The Morgan fingerprint density at radius 2 is 2.04 bits per heavy atom. The van der Waals surface area contributed by atoms with Crippen LogP contribution < -0.4 is 0 Å². The van der Waals surface area contributed by atoms with Crippen LogP contribution >= 0.6 is 22.2 Å². The highest BCUT2D eigenvalue weighted by molar-refractivity contribution is 8.00. The number of fused-ring (bicyclic) bond motifs is 2. The average Bonchev–Trinajstić information content (AvgIpc) is 3.23. The van der Waals surface area contributed by atoms with Gasteiger partial charge in [-0.2, -0.15) is 0 Å². The van der Waals surface area contributed by atoms with Crippen molar-refractivity contribution >= 4 is 49.3 Å². The molecule has 0 aliphatic carbocycles. The van der Waals surface area contributed by atoms with E-state index in [9.17, 15) is 9.90 Å². The predicted octanol–water partition coefficient (Wildman–Crippen LogP) is 5.71. The van der Waals surface area contributed by atoms with Crippen LogP contribution in [-0.4, -0.2) is 25.9 Å². The molecule has 2 heterocycles. The van der Waals surface area contributed by atoms with Crippen LogP contribution in [0, 0.1) is 6.92 Å². The first kappa shape index (κ1) is 18.1. The molecule has 1 N–H and O–H groups in total. The molecule has 4 nitrogen and oxygen atoms in total. The van der Waals surface area contributed by atoms with Crippen LogP contribution in [0.15, 0.2) is 59.1 Å². The summed E-state index contributed by atoms with van der Waals surface area (Å²) in [5.41, 5.74) is 3.26. The minimum absolute atomic E-state index is 0.0540. The molecule has 27 heavy (non-hydrogen) atoms. The SMILES string of the molecule is CCC(Sc1nc2ccccc2n1C[s+]1ccc2c(C)cccc21)C(=O)O. The van der Waals surface area contributed by atoms with Gasteiger partial charge in [0.2, 0.25) is 5.88 Å². The van der Waals surface area contributed by atoms with E-state index >= 15 is 0 Å². The average molecular weight is 398 g/mol. The van der Waals surface area contributed by atoms with Crippen molar-refractivity contribution < 1.29 is 9.90 Å². The summed E-state index contributed by atoms with van der Waals surface area (Å²) in [6.45, 7) is 4.04. The molecule has 2 aromatic heterocycles. The molecule has 2 aromatic carbocycles. The molecule has 6 heteroatoms. The highest BCUT2D eigenvalue weighted by atomic mass is 32.2. The van der Waals surface area contributed by atoms with Crippen molar-refractivity contribution in [3.05, 3.63) is 59.5 Å². The number of aryl methyl sites for hydroxylation is 1. The maximum Gasteiger partial charge on any atom is 0.317 e. The monoisotopic (exact) mass is 397 g/mol. The molecular formula is C21H21N2O2S2+. The number of imidazole rings is 1. The van der Waals surface area contributed by atoms with E-state index in [1.165, 1.54) is 27.4 Å². The molecule has 0 radical (unpaired) electrons. The minimum Gasteiger partial charge on any atom is -0.480 e. The summed E-state index contributed by atoms with van der Waals surface area (Å²) >= 11 is 1.35. The number of hydrogen-bond donors (Lipinski definition) is 1. The number of rotatable bonds is 6. The zero-order valence-electron chi connectivity index (χ0n) is 15.3. The lowest BCUT2D eigenvalue weighted by atomic mass is 10.2. The molecule has 4 rings (SSSR count). The quantitative estimate of drug-likeness (QED) is 0.334. The fraction of sp³-hybridized carbons (Fsp3) is 0.238. The first-order valence-corrected chi connectivity index (χ1v) is 11.2. The van der Waals surface area contributed by atoms with Gasteiger partial charge in [-0.15, -0.1) is 0 Å². The molecule has 2 unspecified atom stereocenters. The summed E-state index contributed by atoms with van der Waals surface area (Å²) in [5, 5.41) is 13.4. The standard InChI is InChI=1S/C21H20N2O2S2/c1-3-18(20(24)25)26-21-22-16-8-4-5-9-17(16)23(21)13-27-12-11-15-14(2)7-6-10-19(15)27/h4-12,18H,3,13H2,1-2H3/p+1. The number of hydrogen-bond acceptors (Lipinski definition) is 3. The number of carboxylic acids is 1. The van der Waals surface area contributed by atoms with E-state index in [0.29, 0.717) is 6.42 Å². The van der Waals surface area contributed by atoms with Crippen molar-refractivity contribution in [1.82, 2.24) is 9.55 Å². The third-order valence-corrected chi connectivity index (χ3v) is 8.01. The summed E-state index contributed by atoms with van der Waals surface area (Å²) in [5.74, 6) is -0.00319. The molecular weight excluding hydrogens is 376 g/mol. The molecule has 0 aliphatic rings. The van der Waals surface area contributed by atoms with Gasteiger partial charge in [-0.3, -0.25) is 9.36 Å². The highest BCUT2D eigenvalue weighted by Gasteiger charge is 2.24. The maximum atomic E-state index is 11.5. The van der Waals surface area contributed by atoms with E-state index in [2.05, 4.69) is 47.2 Å². The van der Waals surface area contributed by atoms with Gasteiger partial charge in [0.05, 0.1) is 11.0 Å². The van der Waals surface area contributed by atoms with E-state index in [1.807, 2.05) is 25.1 Å². The first-order chi connectivity index (χ1) is 13.1. The van der Waals surface area contributed by atoms with Crippen LogP contribution in [0.4, 0.5) is 0 Å². The Kier molecular flexibility index (Phi) is 4.93. The van der Waals surface area contributed by atoms with Gasteiger partial charge in [-0.25, -0.2) is 4.98 Å². The Balaban J connectivity index is 1.80. The van der Waals surface area contributed by atoms with E-state index in [4.69, 9.17) is 4.98 Å². The Morgan fingerprint density at radius 3 is 2.81 bits per heavy atom. The molecule has 0 saturated heterocycles. The molecule has 2 atom stereocenters. The summed E-state index contributed by atoms with van der Waals surface area (Å²) in [7, 11) is -0.0540. The fourth-order valence-electron chi connectivity index (χ4n) is 3.27. The van der Waals surface area contributed by atoms with E-state index in [0.717, 1.165) is 22.1 Å². The molecule has 0 saturated carbocycles. The second-order valence-corrected chi connectivity index (χ2v) is 9.51. The number of thiophene rings is 1. The molecule has 0 spiro atoms. The van der Waals surface area contributed by atoms with Crippen molar-refractivity contribution in [1.29, 1.82) is 0 Å². The molecule has 0 bridgehead atoms. The van der Waals surface area contributed by atoms with Crippen LogP contribution in [0.1, 0.15) is 18.9 Å². The van der Waals surface area contributed by atoms with Gasteiger partial charge in [-0.05, 0) is 37.1 Å². The zero-order chi connectivity index (χ0) is 19.0. The third kappa shape index (κ3) is 3.35. The van der Waals surface area contributed by atoms with Crippen LogP contribution in [0.3, 0.4) is 0 Å². The van der Waals surface area contributed by atoms with Crippen molar-refractivity contribution in [2.24, 2.45) is 0 Å². The smallest absolute Gasteiger partial charge is 0.317 e. The second kappa shape index (κ2) is 7.37. The Bertz CT molecular complexity index is 1130. The molecule has 138 valence electrons. The Morgan fingerprint density at radius 1 is 1.22 bits per heavy atom. The van der Waals surface area contributed by atoms with Gasteiger partial charge < -0.3 is 5.11 Å². The molecule has 0 fully saturated rings. The zero-order valence-corrected chi connectivity index (χ0v) is 16.9. The number of carbonyl (C=O) groups is 1. The van der Waals surface area contributed by atoms with Gasteiger partial charge in [0.15, 0.2) is 9.86 Å². The molecule has 0 aliphatic heterocycles. The van der Waals surface area contributed by atoms with Crippen LogP contribution in [-0.2, 0) is 10.7 Å². The third-order valence-electron chi connectivity index (χ3n) is 4.75. The summed E-state index contributed by atoms with van der Waals surface area (Å²) < 4.78 is 3.55. The first-order valence-electron chi connectivity index (χ1n) is 8.90. The van der Waals surface area contributed by atoms with Crippen molar-refractivity contribution in [2.45, 2.75) is 36.6 Å². The van der Waals surface area contributed by atoms with E-state index in [-0.39, 0.29) is 10.5 Å². The van der Waals surface area contributed by atoms with Crippen LogP contribution in [0.2, 0.25) is 0 Å². The number of aliphatic carboxylic acids is 1.